The van der Waals surface area contributed by atoms with Crippen molar-refractivity contribution in [3.8, 4) is 0 Å². The van der Waals surface area contributed by atoms with E-state index in [-0.39, 0.29) is 18.1 Å². The van der Waals surface area contributed by atoms with Crippen LogP contribution in [0.25, 0.3) is 0 Å². The topological polar surface area (TPSA) is 65.1 Å². The van der Waals surface area contributed by atoms with E-state index in [4.69, 9.17) is 14.2 Å². The summed E-state index contributed by atoms with van der Waals surface area (Å²) in [5.41, 5.74) is 1.77. The van der Waals surface area contributed by atoms with Gasteiger partial charge in [-0.3, -0.25) is 4.79 Å². The third-order valence-electron chi connectivity index (χ3n) is 7.81. The van der Waals surface area contributed by atoms with Crippen LogP contribution in [0.2, 0.25) is 0 Å². The van der Waals surface area contributed by atoms with Gasteiger partial charge in [-0.25, -0.2) is 14.1 Å². The van der Waals surface area contributed by atoms with E-state index in [1.807, 2.05) is 91.0 Å². The Hall–Kier alpha value is -4.33. The minimum Gasteiger partial charge on any atom is -0.430 e. The Morgan fingerprint density at radius 1 is 0.756 bits per heavy atom. The van der Waals surface area contributed by atoms with Crippen LogP contribution in [0.4, 0.5) is 9.18 Å². The number of hydrogen-bond donors (Lipinski definition) is 0. The van der Waals surface area contributed by atoms with Crippen LogP contribution in [0.3, 0.4) is 0 Å². The van der Waals surface area contributed by atoms with Gasteiger partial charge in [-0.1, -0.05) is 103 Å². The predicted molar refractivity (Wildman–Crippen MR) is 150 cm³/mol. The van der Waals surface area contributed by atoms with E-state index in [0.29, 0.717) is 31.6 Å². The number of carbonyl (C=O) groups is 2. The third-order valence-corrected chi connectivity index (χ3v) is 7.81. The van der Waals surface area contributed by atoms with Gasteiger partial charge in [0.2, 0.25) is 5.91 Å². The number of ether oxygens (including phenoxy) is 3. The summed E-state index contributed by atoms with van der Waals surface area (Å²) in [6.45, 7) is 0.799. The number of cyclic esters (lactones) is 1. The van der Waals surface area contributed by atoms with Crippen molar-refractivity contribution in [1.29, 1.82) is 0 Å². The highest BCUT2D eigenvalue weighted by atomic mass is 19.1. The number of amides is 2. The number of nitrogens with zero attached hydrogens (tertiary/aromatic N) is 1. The fourth-order valence-corrected chi connectivity index (χ4v) is 5.97. The first-order chi connectivity index (χ1) is 20.0. The second-order valence-electron chi connectivity index (χ2n) is 10.2. The maximum atomic E-state index is 13.9. The Kier molecular flexibility index (Phi) is 7.39. The number of halogens is 1. The molecule has 6 nitrogen and oxygen atoms in total. The van der Waals surface area contributed by atoms with E-state index in [2.05, 4.69) is 0 Å². The van der Waals surface area contributed by atoms with E-state index in [9.17, 15) is 14.0 Å². The largest absolute Gasteiger partial charge is 0.430 e. The zero-order chi connectivity index (χ0) is 28.3. The standard InChI is InChI=1S/C34H30FNO5/c35-29-20-18-26(19-21-29)33(39-23-24-40-33)22-10-17-30(37)36-31(25-11-4-1-5-12-25)34(41-32(36)38,27-13-6-2-7-14-27)28-15-8-3-9-16-28/h1-9,11-16,18-21,31H,10,17,22-24H2/t31-/m0/s1. The minimum atomic E-state index is -1.25. The van der Waals surface area contributed by atoms with E-state index >= 15 is 0 Å². The predicted octanol–water partition coefficient (Wildman–Crippen LogP) is 6.86. The van der Waals surface area contributed by atoms with Crippen molar-refractivity contribution >= 4 is 12.0 Å². The van der Waals surface area contributed by atoms with Crippen LogP contribution < -0.4 is 0 Å². The van der Waals surface area contributed by atoms with Crippen molar-refractivity contribution in [3.05, 3.63) is 143 Å². The van der Waals surface area contributed by atoms with Crippen LogP contribution in [0.5, 0.6) is 0 Å². The van der Waals surface area contributed by atoms with Crippen LogP contribution >= 0.6 is 0 Å². The SMILES string of the molecule is O=C(CCCC1(c2ccc(F)cc2)OCCO1)N1C(=O)OC(c2ccccc2)(c2ccccc2)[C@@H]1c1ccccc1. The fraction of sp³-hybridized carbons (Fsp3) is 0.235. The molecule has 0 saturated carbocycles. The first-order valence-electron chi connectivity index (χ1n) is 13.8. The zero-order valence-corrected chi connectivity index (χ0v) is 22.4. The fourth-order valence-electron chi connectivity index (χ4n) is 5.97. The van der Waals surface area contributed by atoms with Crippen LogP contribution in [-0.2, 0) is 30.4 Å². The van der Waals surface area contributed by atoms with Gasteiger partial charge in [-0.15, -0.1) is 0 Å². The number of rotatable bonds is 8. The summed E-state index contributed by atoms with van der Waals surface area (Å²) in [5.74, 6) is -1.77. The highest BCUT2D eigenvalue weighted by Gasteiger charge is 2.58. The van der Waals surface area contributed by atoms with Gasteiger partial charge in [-0.05, 0) is 24.1 Å². The van der Waals surface area contributed by atoms with E-state index < -0.39 is 23.5 Å². The molecule has 2 aliphatic rings. The normalized spacial score (nSPS) is 19.2. The number of benzene rings is 4. The molecule has 41 heavy (non-hydrogen) atoms. The molecule has 2 saturated heterocycles. The van der Waals surface area contributed by atoms with E-state index in [1.165, 1.54) is 17.0 Å². The van der Waals surface area contributed by atoms with Gasteiger partial charge in [0.1, 0.15) is 11.9 Å². The first kappa shape index (κ1) is 26.9. The summed E-state index contributed by atoms with van der Waals surface area (Å²) in [6, 6.07) is 33.9. The smallest absolute Gasteiger partial charge is 0.418 e. The Labute approximate surface area is 238 Å². The number of imide groups is 1. The molecule has 2 aliphatic heterocycles. The molecule has 0 bridgehead atoms. The Morgan fingerprint density at radius 2 is 1.29 bits per heavy atom. The van der Waals surface area contributed by atoms with Crippen LogP contribution in [0, 0.1) is 5.82 Å². The molecular formula is C34H30FNO5. The molecule has 208 valence electrons. The Morgan fingerprint density at radius 3 is 1.85 bits per heavy atom. The van der Waals surface area contributed by atoms with Crippen molar-refractivity contribution in [2.75, 3.05) is 13.2 Å². The lowest BCUT2D eigenvalue weighted by molar-refractivity contribution is -0.172. The Balaban J connectivity index is 1.33. The van der Waals surface area contributed by atoms with Gasteiger partial charge in [0.05, 0.1) is 13.2 Å². The summed E-state index contributed by atoms with van der Waals surface area (Å²) in [7, 11) is 0. The van der Waals surface area contributed by atoms with Crippen LogP contribution in [-0.4, -0.2) is 30.1 Å². The van der Waals surface area contributed by atoms with Gasteiger partial charge in [-0.2, -0.15) is 0 Å². The molecule has 4 aromatic rings. The van der Waals surface area contributed by atoms with E-state index in [1.54, 1.807) is 12.1 Å². The molecule has 7 heteroatoms. The summed E-state index contributed by atoms with van der Waals surface area (Å²) >= 11 is 0. The number of carbonyl (C=O) groups excluding carboxylic acids is 2. The maximum Gasteiger partial charge on any atom is 0.418 e. The quantitative estimate of drug-likeness (QED) is 0.239. The van der Waals surface area contributed by atoms with Crippen molar-refractivity contribution in [2.24, 2.45) is 0 Å². The second-order valence-corrected chi connectivity index (χ2v) is 10.2. The average Bonchev–Trinajstić information content (AvgIpc) is 3.62. The third kappa shape index (κ3) is 4.92. The molecule has 6 rings (SSSR count). The first-order valence-corrected chi connectivity index (χ1v) is 13.8. The highest BCUT2D eigenvalue weighted by molar-refractivity contribution is 5.95. The molecule has 1 atom stereocenters. The molecular weight excluding hydrogens is 521 g/mol. The van der Waals surface area contributed by atoms with E-state index in [0.717, 1.165) is 16.7 Å². The molecule has 2 amide bonds. The van der Waals surface area contributed by atoms with Crippen molar-refractivity contribution in [2.45, 2.75) is 36.7 Å². The average molecular weight is 552 g/mol. The molecule has 0 radical (unpaired) electrons. The van der Waals surface area contributed by atoms with Crippen LogP contribution in [0.15, 0.2) is 115 Å². The van der Waals surface area contributed by atoms with Gasteiger partial charge in [0, 0.05) is 29.5 Å². The van der Waals surface area contributed by atoms with Crippen molar-refractivity contribution in [1.82, 2.24) is 4.90 Å². The molecule has 0 aliphatic carbocycles. The summed E-state index contributed by atoms with van der Waals surface area (Å²) in [5, 5.41) is 0. The number of hydrogen-bond acceptors (Lipinski definition) is 5. The van der Waals surface area contributed by atoms with Crippen LogP contribution in [0.1, 0.15) is 47.6 Å². The molecule has 0 spiro atoms. The lowest BCUT2D eigenvalue weighted by Crippen LogP contribution is -2.40. The lowest BCUT2D eigenvalue weighted by atomic mass is 9.77. The molecule has 4 aromatic carbocycles. The van der Waals surface area contributed by atoms with Gasteiger partial charge in [0.25, 0.3) is 0 Å². The van der Waals surface area contributed by atoms with Gasteiger partial charge in [0.15, 0.2) is 11.4 Å². The summed E-state index contributed by atoms with van der Waals surface area (Å²) in [6.07, 6.45) is 0.114. The van der Waals surface area contributed by atoms with Gasteiger partial charge < -0.3 is 14.2 Å². The minimum absolute atomic E-state index is 0.0633. The van der Waals surface area contributed by atoms with Gasteiger partial charge >= 0.3 is 6.09 Å². The highest BCUT2D eigenvalue weighted by Crippen LogP contribution is 2.52. The second kappa shape index (κ2) is 11.3. The lowest BCUT2D eigenvalue weighted by Gasteiger charge is -2.35. The molecule has 2 fully saturated rings. The molecule has 2 heterocycles. The molecule has 0 unspecified atom stereocenters. The summed E-state index contributed by atoms with van der Waals surface area (Å²) < 4.78 is 31.8. The molecule has 0 aromatic heterocycles. The van der Waals surface area contributed by atoms with Crippen molar-refractivity contribution in [3.63, 3.8) is 0 Å². The molecule has 0 N–H and O–H groups in total. The monoisotopic (exact) mass is 551 g/mol. The van der Waals surface area contributed by atoms with Crippen molar-refractivity contribution < 1.29 is 28.2 Å². The Bertz CT molecular complexity index is 1450. The maximum absolute atomic E-state index is 13.9. The zero-order valence-electron chi connectivity index (χ0n) is 22.4. The summed E-state index contributed by atoms with van der Waals surface area (Å²) in [4.78, 5) is 28.9.